The molecule has 0 radical (unpaired) electrons. The van der Waals surface area contributed by atoms with E-state index in [4.69, 9.17) is 5.84 Å². The molecule has 0 bridgehead atoms. The summed E-state index contributed by atoms with van der Waals surface area (Å²) in [5, 5.41) is 3.72. The highest BCUT2D eigenvalue weighted by Crippen LogP contribution is 2.01. The van der Waals surface area contributed by atoms with Crippen LogP contribution >= 0.6 is 0 Å². The normalized spacial score (nSPS) is 11.0. The predicted octanol–water partition coefficient (Wildman–Crippen LogP) is -1.85. The zero-order valence-corrected chi connectivity index (χ0v) is 7.76. The number of aryl methyl sites for hydroxylation is 1. The van der Waals surface area contributed by atoms with Crippen LogP contribution in [-0.2, 0) is 14.1 Å². The van der Waals surface area contributed by atoms with Crippen LogP contribution in [0.15, 0.2) is 15.8 Å². The van der Waals surface area contributed by atoms with Crippen molar-refractivity contribution < 1.29 is 0 Å². The molecular weight excluding hydrogens is 186 g/mol. The van der Waals surface area contributed by atoms with Crippen LogP contribution in [-0.4, -0.2) is 19.0 Å². The molecule has 0 saturated heterocycles. The molecule has 0 atom stereocenters. The highest BCUT2D eigenvalue weighted by Gasteiger charge is 2.11. The van der Waals surface area contributed by atoms with E-state index >= 15 is 0 Å². The first-order valence-electron chi connectivity index (χ1n) is 3.93. The van der Waals surface area contributed by atoms with Crippen LogP contribution < -0.4 is 17.1 Å². The molecule has 2 aromatic rings. The fourth-order valence-corrected chi connectivity index (χ4v) is 1.38. The summed E-state index contributed by atoms with van der Waals surface area (Å²) in [7, 11) is 2.96. The van der Waals surface area contributed by atoms with Crippen molar-refractivity contribution in [2.24, 2.45) is 14.1 Å². The van der Waals surface area contributed by atoms with Crippen LogP contribution in [0.5, 0.6) is 0 Å². The first-order valence-corrected chi connectivity index (χ1v) is 3.93. The molecular formula is C7H9N5O2. The summed E-state index contributed by atoms with van der Waals surface area (Å²) in [5.41, 5.74) is -0.186. The Morgan fingerprint density at radius 3 is 2.57 bits per heavy atom. The SMILES string of the molecule is Cn1c(=O)c2c(cnn2N)n(C)c1=O. The molecule has 0 fully saturated rings. The Hall–Kier alpha value is -2.05. The number of rotatable bonds is 0. The van der Waals surface area contributed by atoms with Crippen LogP contribution in [0.2, 0.25) is 0 Å². The Labute approximate surface area is 77.9 Å². The third-order valence-corrected chi connectivity index (χ3v) is 2.22. The van der Waals surface area contributed by atoms with Crippen molar-refractivity contribution in [1.29, 1.82) is 0 Å². The number of nitrogens with two attached hydrogens (primary N) is 1. The molecule has 0 aliphatic carbocycles. The van der Waals surface area contributed by atoms with Gasteiger partial charge in [-0.15, -0.1) is 0 Å². The lowest BCUT2D eigenvalue weighted by Crippen LogP contribution is -2.38. The van der Waals surface area contributed by atoms with Gasteiger partial charge in [0.1, 0.15) is 0 Å². The van der Waals surface area contributed by atoms with Crippen LogP contribution in [0, 0.1) is 0 Å². The fourth-order valence-electron chi connectivity index (χ4n) is 1.38. The van der Waals surface area contributed by atoms with E-state index in [0.717, 1.165) is 9.36 Å². The van der Waals surface area contributed by atoms with E-state index in [-0.39, 0.29) is 5.52 Å². The summed E-state index contributed by atoms with van der Waals surface area (Å²) < 4.78 is 2.32. The number of hydrogen-bond acceptors (Lipinski definition) is 4. The number of hydrogen-bond donors (Lipinski definition) is 1. The van der Waals surface area contributed by atoms with Crippen molar-refractivity contribution >= 4 is 11.0 Å². The molecule has 2 N–H and O–H groups in total. The van der Waals surface area contributed by atoms with Crippen LogP contribution in [0.25, 0.3) is 11.0 Å². The Balaban J connectivity index is 3.22. The first kappa shape index (κ1) is 8.54. The van der Waals surface area contributed by atoms with Crippen molar-refractivity contribution in [1.82, 2.24) is 19.0 Å². The molecule has 0 spiro atoms. The van der Waals surface area contributed by atoms with E-state index in [1.807, 2.05) is 0 Å². The largest absolute Gasteiger partial charge is 0.331 e. The second kappa shape index (κ2) is 2.47. The first-order chi connectivity index (χ1) is 6.54. The topological polar surface area (TPSA) is 87.8 Å². The highest BCUT2D eigenvalue weighted by atomic mass is 16.2. The molecule has 0 aromatic carbocycles. The lowest BCUT2D eigenvalue weighted by atomic mass is 10.4. The van der Waals surface area contributed by atoms with Gasteiger partial charge in [-0.2, -0.15) is 9.89 Å². The molecule has 14 heavy (non-hydrogen) atoms. The van der Waals surface area contributed by atoms with E-state index < -0.39 is 11.2 Å². The summed E-state index contributed by atoms with van der Waals surface area (Å²) in [6.07, 6.45) is 1.39. The van der Waals surface area contributed by atoms with Gasteiger partial charge in [-0.3, -0.25) is 13.9 Å². The van der Waals surface area contributed by atoms with Crippen LogP contribution in [0.3, 0.4) is 0 Å². The van der Waals surface area contributed by atoms with Gasteiger partial charge in [0.05, 0.1) is 11.7 Å². The van der Waals surface area contributed by atoms with Crippen molar-refractivity contribution in [3.05, 3.63) is 27.0 Å². The summed E-state index contributed by atoms with van der Waals surface area (Å²) in [4.78, 5) is 24.0. The average molecular weight is 195 g/mol. The quantitative estimate of drug-likeness (QED) is 0.500. The highest BCUT2D eigenvalue weighted by molar-refractivity contribution is 5.73. The molecule has 0 aliphatic heterocycles. The number of fused-ring (bicyclic) bond motifs is 1. The minimum Gasteiger partial charge on any atom is -0.322 e. The molecule has 2 heterocycles. The molecule has 7 heteroatoms. The third-order valence-electron chi connectivity index (χ3n) is 2.22. The van der Waals surface area contributed by atoms with Gasteiger partial charge in [0, 0.05) is 14.1 Å². The fraction of sp³-hybridized carbons (Fsp3) is 0.286. The molecule has 7 nitrogen and oxygen atoms in total. The molecule has 0 aliphatic rings. The predicted molar refractivity (Wildman–Crippen MR) is 50.4 cm³/mol. The summed E-state index contributed by atoms with van der Waals surface area (Å²) in [6.45, 7) is 0. The minimum atomic E-state index is -0.442. The molecule has 0 amide bonds. The van der Waals surface area contributed by atoms with Gasteiger partial charge in [-0.1, -0.05) is 0 Å². The Kier molecular flexibility index (Phi) is 1.51. The zero-order chi connectivity index (χ0) is 10.5. The van der Waals surface area contributed by atoms with E-state index in [9.17, 15) is 9.59 Å². The van der Waals surface area contributed by atoms with Gasteiger partial charge in [0.2, 0.25) is 0 Å². The van der Waals surface area contributed by atoms with Crippen LogP contribution in [0.1, 0.15) is 0 Å². The lowest BCUT2D eigenvalue weighted by molar-refractivity contribution is 0.708. The Morgan fingerprint density at radius 2 is 1.93 bits per heavy atom. The van der Waals surface area contributed by atoms with Gasteiger partial charge < -0.3 is 5.84 Å². The Bertz CT molecular complexity index is 617. The number of nitrogens with zero attached hydrogens (tertiary/aromatic N) is 4. The molecule has 0 saturated carbocycles. The molecule has 2 rings (SSSR count). The number of aromatic nitrogens is 4. The smallest absolute Gasteiger partial charge is 0.322 e. The summed E-state index contributed by atoms with van der Waals surface area (Å²) >= 11 is 0. The van der Waals surface area contributed by atoms with Gasteiger partial charge >= 0.3 is 5.69 Å². The zero-order valence-electron chi connectivity index (χ0n) is 7.76. The monoisotopic (exact) mass is 195 g/mol. The van der Waals surface area contributed by atoms with E-state index in [0.29, 0.717) is 5.52 Å². The maximum absolute atomic E-state index is 11.6. The second-order valence-electron chi connectivity index (χ2n) is 3.03. The van der Waals surface area contributed by atoms with Gasteiger partial charge in [0.25, 0.3) is 5.56 Å². The van der Waals surface area contributed by atoms with Crippen molar-refractivity contribution in [3.8, 4) is 0 Å². The van der Waals surface area contributed by atoms with E-state index in [1.54, 1.807) is 7.05 Å². The van der Waals surface area contributed by atoms with Crippen molar-refractivity contribution in [2.45, 2.75) is 0 Å². The second-order valence-corrected chi connectivity index (χ2v) is 3.03. The van der Waals surface area contributed by atoms with Gasteiger partial charge in [-0.25, -0.2) is 4.79 Å². The summed E-state index contributed by atoms with van der Waals surface area (Å²) in [6, 6.07) is 0. The Morgan fingerprint density at radius 1 is 1.29 bits per heavy atom. The number of nitrogen functional groups attached to an aromatic ring is 1. The molecule has 0 unspecified atom stereocenters. The molecule has 74 valence electrons. The van der Waals surface area contributed by atoms with Crippen LogP contribution in [0.4, 0.5) is 0 Å². The lowest BCUT2D eigenvalue weighted by Gasteiger charge is -2.02. The van der Waals surface area contributed by atoms with Gasteiger partial charge in [0.15, 0.2) is 5.52 Å². The molecule has 2 aromatic heterocycles. The third kappa shape index (κ3) is 0.832. The van der Waals surface area contributed by atoms with Crippen molar-refractivity contribution in [2.75, 3.05) is 5.84 Å². The minimum absolute atomic E-state index is 0.217. The summed E-state index contributed by atoms with van der Waals surface area (Å²) in [5.74, 6) is 5.44. The maximum atomic E-state index is 11.6. The van der Waals surface area contributed by atoms with Gasteiger partial charge in [-0.05, 0) is 0 Å². The van der Waals surface area contributed by atoms with E-state index in [1.165, 1.54) is 17.8 Å². The van der Waals surface area contributed by atoms with Crippen molar-refractivity contribution in [3.63, 3.8) is 0 Å². The maximum Gasteiger partial charge on any atom is 0.331 e. The van der Waals surface area contributed by atoms with E-state index in [2.05, 4.69) is 5.10 Å². The average Bonchev–Trinajstić information content (AvgIpc) is 2.54. The standard InChI is InChI=1S/C7H9N5O2/c1-10-4-3-9-12(8)5(4)6(13)11(2)7(10)14/h3H,8H2,1-2H3.